The Morgan fingerprint density at radius 3 is 2.63 bits per heavy atom. The number of nitrogens with one attached hydrogen (secondary N) is 1. The normalized spacial score (nSPS) is 31.2. The molecule has 2 aliphatic heterocycles. The third kappa shape index (κ3) is 2.81. The molecule has 0 radical (unpaired) electrons. The van der Waals surface area contributed by atoms with E-state index in [-0.39, 0.29) is 5.28 Å². The first-order valence-corrected chi connectivity index (χ1v) is 7.55. The minimum atomic E-state index is 0.236. The Kier molecular flexibility index (Phi) is 3.83. The highest BCUT2D eigenvalue weighted by Gasteiger charge is 2.36. The summed E-state index contributed by atoms with van der Waals surface area (Å²) in [7, 11) is 2.25. The molecule has 4 nitrogen and oxygen atoms in total. The van der Waals surface area contributed by atoms with Crippen LogP contribution in [-0.2, 0) is 0 Å². The number of aromatic nitrogens is 2. The molecule has 3 rings (SSSR count). The molecule has 6 heteroatoms. The predicted octanol–water partition coefficient (Wildman–Crippen LogP) is 3.21. The van der Waals surface area contributed by atoms with Crippen molar-refractivity contribution in [2.75, 3.05) is 12.4 Å². The van der Waals surface area contributed by atoms with Crippen LogP contribution >= 0.6 is 23.2 Å². The summed E-state index contributed by atoms with van der Waals surface area (Å²) in [5.41, 5.74) is 0. The van der Waals surface area contributed by atoms with Crippen LogP contribution in [0.4, 0.5) is 5.82 Å². The summed E-state index contributed by atoms with van der Waals surface area (Å²) in [4.78, 5) is 10.6. The number of rotatable bonds is 2. The van der Waals surface area contributed by atoms with Crippen LogP contribution in [0, 0.1) is 0 Å². The van der Waals surface area contributed by atoms with Crippen LogP contribution in [0.1, 0.15) is 32.1 Å². The minimum absolute atomic E-state index is 0.236. The maximum Gasteiger partial charge on any atom is 0.224 e. The molecule has 3 heterocycles. The summed E-state index contributed by atoms with van der Waals surface area (Å²) < 4.78 is 0. The fraction of sp³-hybridized carbons (Fsp3) is 0.692. The number of piperidine rings is 2. The molecule has 1 aromatic rings. The predicted molar refractivity (Wildman–Crippen MR) is 77.9 cm³/mol. The van der Waals surface area contributed by atoms with Gasteiger partial charge in [0.25, 0.3) is 0 Å². The summed E-state index contributed by atoms with van der Waals surface area (Å²) in [6, 6.07) is 1.79. The van der Waals surface area contributed by atoms with E-state index < -0.39 is 0 Å². The molecule has 0 aliphatic carbocycles. The zero-order chi connectivity index (χ0) is 13.4. The van der Waals surface area contributed by atoms with Gasteiger partial charge in [0, 0.05) is 18.1 Å². The Bertz CT molecular complexity index is 454. The Balaban J connectivity index is 1.72. The fourth-order valence-corrected chi connectivity index (χ4v) is 3.65. The first kappa shape index (κ1) is 13.4. The standard InChI is InChI=1S/C13H18Cl2N4/c1-19-9-3-2-4-10(19)6-8(5-9)17-12-11(14)7-16-13(15)18-12/h7-10H,2-6H2,1H3,(H,16,17,18). The lowest BCUT2D eigenvalue weighted by Gasteiger charge is -2.47. The lowest BCUT2D eigenvalue weighted by atomic mass is 9.82. The lowest BCUT2D eigenvalue weighted by Crippen LogP contribution is -2.52. The van der Waals surface area contributed by atoms with E-state index in [2.05, 4.69) is 27.2 Å². The van der Waals surface area contributed by atoms with E-state index in [1.807, 2.05) is 0 Å². The Morgan fingerprint density at radius 1 is 1.26 bits per heavy atom. The second kappa shape index (κ2) is 5.43. The zero-order valence-electron chi connectivity index (χ0n) is 10.9. The van der Waals surface area contributed by atoms with Gasteiger partial charge in [0.05, 0.1) is 6.20 Å². The van der Waals surface area contributed by atoms with Crippen LogP contribution in [0.15, 0.2) is 6.20 Å². The highest BCUT2D eigenvalue weighted by molar-refractivity contribution is 6.33. The van der Waals surface area contributed by atoms with Crippen molar-refractivity contribution < 1.29 is 0 Å². The fourth-order valence-electron chi connectivity index (χ4n) is 3.37. The van der Waals surface area contributed by atoms with Crippen molar-refractivity contribution >= 4 is 29.0 Å². The summed E-state index contributed by atoms with van der Waals surface area (Å²) in [5.74, 6) is 0.661. The largest absolute Gasteiger partial charge is 0.366 e. The maximum atomic E-state index is 6.11. The summed E-state index contributed by atoms with van der Waals surface area (Å²) in [6.07, 6.45) is 7.78. The summed E-state index contributed by atoms with van der Waals surface area (Å²) in [6.45, 7) is 0. The molecular formula is C13H18Cl2N4. The van der Waals surface area contributed by atoms with E-state index >= 15 is 0 Å². The van der Waals surface area contributed by atoms with E-state index in [1.54, 1.807) is 6.20 Å². The first-order chi connectivity index (χ1) is 9.13. The van der Waals surface area contributed by atoms with Gasteiger partial charge in [-0.05, 0) is 44.3 Å². The Morgan fingerprint density at radius 2 is 1.95 bits per heavy atom. The number of anilines is 1. The van der Waals surface area contributed by atoms with Crippen LogP contribution < -0.4 is 5.32 Å². The van der Waals surface area contributed by atoms with Gasteiger partial charge in [0.2, 0.25) is 5.28 Å². The molecule has 1 aromatic heterocycles. The number of fused-ring (bicyclic) bond motifs is 2. The summed E-state index contributed by atoms with van der Waals surface area (Å²) >= 11 is 11.9. The van der Waals surface area contributed by atoms with Gasteiger partial charge in [-0.3, -0.25) is 0 Å². The Labute approximate surface area is 123 Å². The van der Waals surface area contributed by atoms with Crippen LogP contribution in [0.25, 0.3) is 0 Å². The van der Waals surface area contributed by atoms with E-state index in [0.717, 1.165) is 12.8 Å². The molecule has 0 saturated carbocycles. The lowest BCUT2D eigenvalue weighted by molar-refractivity contribution is 0.0608. The van der Waals surface area contributed by atoms with Gasteiger partial charge in [-0.1, -0.05) is 18.0 Å². The Hall–Kier alpha value is -0.580. The molecule has 2 fully saturated rings. The maximum absolute atomic E-state index is 6.11. The molecule has 2 saturated heterocycles. The number of halogens is 2. The van der Waals surface area contributed by atoms with Gasteiger partial charge in [-0.15, -0.1) is 0 Å². The van der Waals surface area contributed by atoms with Crippen molar-refractivity contribution in [2.24, 2.45) is 0 Å². The van der Waals surface area contributed by atoms with Gasteiger partial charge in [-0.2, -0.15) is 4.98 Å². The molecular weight excluding hydrogens is 283 g/mol. The quantitative estimate of drug-likeness (QED) is 0.852. The topological polar surface area (TPSA) is 41.0 Å². The van der Waals surface area contributed by atoms with Gasteiger partial charge in [0.15, 0.2) is 0 Å². The monoisotopic (exact) mass is 300 g/mol. The molecule has 2 aliphatic rings. The van der Waals surface area contributed by atoms with E-state index in [0.29, 0.717) is 29.0 Å². The third-order valence-corrected chi connectivity index (χ3v) is 4.85. The van der Waals surface area contributed by atoms with Crippen LogP contribution in [0.5, 0.6) is 0 Å². The zero-order valence-corrected chi connectivity index (χ0v) is 12.5. The minimum Gasteiger partial charge on any atom is -0.366 e. The highest BCUT2D eigenvalue weighted by Crippen LogP contribution is 2.34. The molecule has 0 amide bonds. The molecule has 104 valence electrons. The van der Waals surface area contributed by atoms with Crippen molar-refractivity contribution in [3.8, 4) is 0 Å². The van der Waals surface area contributed by atoms with Crippen molar-refractivity contribution in [3.05, 3.63) is 16.5 Å². The molecule has 2 bridgehead atoms. The number of nitrogens with zero attached hydrogens (tertiary/aromatic N) is 3. The smallest absolute Gasteiger partial charge is 0.224 e. The molecule has 0 aromatic carbocycles. The van der Waals surface area contributed by atoms with Gasteiger partial charge >= 0.3 is 0 Å². The van der Waals surface area contributed by atoms with Crippen LogP contribution in [0.3, 0.4) is 0 Å². The van der Waals surface area contributed by atoms with Gasteiger partial charge in [-0.25, -0.2) is 4.98 Å². The van der Waals surface area contributed by atoms with Gasteiger partial charge < -0.3 is 10.2 Å². The average Bonchev–Trinajstić information content (AvgIpc) is 2.35. The number of hydrogen-bond acceptors (Lipinski definition) is 4. The molecule has 0 spiro atoms. The summed E-state index contributed by atoms with van der Waals surface area (Å²) in [5, 5.41) is 4.22. The highest BCUT2D eigenvalue weighted by atomic mass is 35.5. The first-order valence-electron chi connectivity index (χ1n) is 6.80. The van der Waals surface area contributed by atoms with E-state index in [9.17, 15) is 0 Å². The van der Waals surface area contributed by atoms with Crippen molar-refractivity contribution in [3.63, 3.8) is 0 Å². The van der Waals surface area contributed by atoms with Crippen LogP contribution in [-0.4, -0.2) is 40.0 Å². The van der Waals surface area contributed by atoms with Crippen molar-refractivity contribution in [1.82, 2.24) is 14.9 Å². The second-order valence-electron chi connectivity index (χ2n) is 5.55. The number of hydrogen-bond donors (Lipinski definition) is 1. The van der Waals surface area contributed by atoms with Crippen molar-refractivity contribution in [2.45, 2.75) is 50.2 Å². The van der Waals surface area contributed by atoms with E-state index in [1.165, 1.54) is 19.3 Å². The third-order valence-electron chi connectivity index (χ3n) is 4.40. The molecule has 2 atom stereocenters. The SMILES string of the molecule is CN1C2CCCC1CC(Nc1nc(Cl)ncc1Cl)C2. The molecule has 2 unspecified atom stereocenters. The second-order valence-corrected chi connectivity index (χ2v) is 6.30. The van der Waals surface area contributed by atoms with E-state index in [4.69, 9.17) is 23.2 Å². The van der Waals surface area contributed by atoms with Crippen LogP contribution in [0.2, 0.25) is 10.3 Å². The molecule has 1 N–H and O–H groups in total. The molecule has 19 heavy (non-hydrogen) atoms. The van der Waals surface area contributed by atoms with Gasteiger partial charge in [0.1, 0.15) is 10.8 Å². The average molecular weight is 301 g/mol. The van der Waals surface area contributed by atoms with Crippen molar-refractivity contribution in [1.29, 1.82) is 0 Å².